The Balaban J connectivity index is 1.94. The average Bonchev–Trinajstić information content (AvgIpc) is 2.54. The number of likely N-dealkylation sites (N-methyl/N-ethyl adjacent to an activating group) is 1. The molecule has 1 unspecified atom stereocenters. The SMILES string of the molecule is CC(O)CCN(C)C(=O)c1cccc(CN2CCN(C)CC2)c1. The zero-order chi connectivity index (χ0) is 16.8. The van der Waals surface area contributed by atoms with Crippen LogP contribution < -0.4 is 0 Å². The van der Waals surface area contributed by atoms with Crippen molar-refractivity contribution < 1.29 is 9.90 Å². The molecule has 1 aliphatic rings. The van der Waals surface area contributed by atoms with Crippen LogP contribution in [-0.4, -0.2) is 78.6 Å². The molecule has 1 amide bonds. The number of aliphatic hydroxyl groups is 1. The molecule has 1 heterocycles. The van der Waals surface area contributed by atoms with Gasteiger partial charge in [-0.05, 0) is 38.1 Å². The summed E-state index contributed by atoms with van der Waals surface area (Å²) in [5, 5.41) is 9.35. The third-order valence-electron chi connectivity index (χ3n) is 4.40. The van der Waals surface area contributed by atoms with Crippen LogP contribution in [0.5, 0.6) is 0 Å². The molecule has 23 heavy (non-hydrogen) atoms. The molecule has 1 aliphatic heterocycles. The van der Waals surface area contributed by atoms with Crippen LogP contribution in [0.2, 0.25) is 0 Å². The van der Waals surface area contributed by atoms with Gasteiger partial charge in [0, 0.05) is 51.9 Å². The Morgan fingerprint density at radius 3 is 2.65 bits per heavy atom. The highest BCUT2D eigenvalue weighted by atomic mass is 16.3. The molecule has 1 fully saturated rings. The van der Waals surface area contributed by atoms with Gasteiger partial charge in [-0.2, -0.15) is 0 Å². The Morgan fingerprint density at radius 2 is 2.00 bits per heavy atom. The van der Waals surface area contributed by atoms with E-state index in [0.717, 1.165) is 38.3 Å². The van der Waals surface area contributed by atoms with Gasteiger partial charge < -0.3 is 14.9 Å². The van der Waals surface area contributed by atoms with E-state index in [2.05, 4.69) is 22.9 Å². The first-order chi connectivity index (χ1) is 11.0. The number of hydrogen-bond donors (Lipinski definition) is 1. The average molecular weight is 319 g/mol. The summed E-state index contributed by atoms with van der Waals surface area (Å²) < 4.78 is 0. The maximum atomic E-state index is 12.5. The zero-order valence-electron chi connectivity index (χ0n) is 14.5. The van der Waals surface area contributed by atoms with Gasteiger partial charge in [0.15, 0.2) is 0 Å². The number of aliphatic hydroxyl groups excluding tert-OH is 1. The molecule has 1 atom stereocenters. The van der Waals surface area contributed by atoms with Crippen LogP contribution in [0.3, 0.4) is 0 Å². The number of carbonyl (C=O) groups is 1. The normalized spacial score (nSPS) is 17.9. The molecule has 0 aromatic heterocycles. The number of amides is 1. The maximum Gasteiger partial charge on any atom is 0.253 e. The van der Waals surface area contributed by atoms with E-state index >= 15 is 0 Å². The van der Waals surface area contributed by atoms with Crippen molar-refractivity contribution in [2.45, 2.75) is 26.0 Å². The van der Waals surface area contributed by atoms with Crippen molar-refractivity contribution in [3.63, 3.8) is 0 Å². The van der Waals surface area contributed by atoms with Crippen LogP contribution in [0.4, 0.5) is 0 Å². The van der Waals surface area contributed by atoms with E-state index in [-0.39, 0.29) is 12.0 Å². The number of piperazine rings is 1. The molecule has 1 saturated heterocycles. The molecule has 1 aromatic carbocycles. The van der Waals surface area contributed by atoms with Gasteiger partial charge >= 0.3 is 0 Å². The van der Waals surface area contributed by atoms with Crippen LogP contribution in [0.25, 0.3) is 0 Å². The summed E-state index contributed by atoms with van der Waals surface area (Å²) in [5.74, 6) is 0.0193. The summed E-state index contributed by atoms with van der Waals surface area (Å²) in [7, 11) is 3.94. The maximum absolute atomic E-state index is 12.5. The molecule has 0 bridgehead atoms. The number of rotatable bonds is 6. The highest BCUT2D eigenvalue weighted by molar-refractivity contribution is 5.94. The molecule has 1 N–H and O–H groups in total. The molecule has 2 rings (SSSR count). The number of carbonyl (C=O) groups excluding carboxylic acids is 1. The fourth-order valence-electron chi connectivity index (χ4n) is 2.77. The molecule has 0 spiro atoms. The Bertz CT molecular complexity index is 511. The highest BCUT2D eigenvalue weighted by Gasteiger charge is 2.16. The quantitative estimate of drug-likeness (QED) is 0.858. The minimum Gasteiger partial charge on any atom is -0.393 e. The van der Waals surface area contributed by atoms with Gasteiger partial charge in [0.2, 0.25) is 0 Å². The molecule has 0 aliphatic carbocycles. The zero-order valence-corrected chi connectivity index (χ0v) is 14.5. The second-order valence-corrected chi connectivity index (χ2v) is 6.64. The molecule has 5 heteroatoms. The van der Waals surface area contributed by atoms with E-state index in [9.17, 15) is 9.90 Å². The van der Waals surface area contributed by atoms with E-state index in [1.165, 1.54) is 5.56 Å². The highest BCUT2D eigenvalue weighted by Crippen LogP contribution is 2.12. The minimum absolute atomic E-state index is 0.0193. The first-order valence-corrected chi connectivity index (χ1v) is 8.39. The van der Waals surface area contributed by atoms with Crippen molar-refractivity contribution in [1.29, 1.82) is 0 Å². The van der Waals surface area contributed by atoms with Crippen molar-refractivity contribution >= 4 is 5.91 Å². The van der Waals surface area contributed by atoms with Crippen molar-refractivity contribution in [1.82, 2.24) is 14.7 Å². The standard InChI is InChI=1S/C18H29N3O2/c1-15(22)7-8-20(3)18(23)17-6-4-5-16(13-17)14-21-11-9-19(2)10-12-21/h4-6,13,15,22H,7-12,14H2,1-3H3. The lowest BCUT2D eigenvalue weighted by atomic mass is 10.1. The summed E-state index contributed by atoms with van der Waals surface area (Å²) in [5.41, 5.74) is 1.91. The fourth-order valence-corrected chi connectivity index (χ4v) is 2.77. The topological polar surface area (TPSA) is 47.0 Å². The van der Waals surface area contributed by atoms with Gasteiger partial charge in [-0.25, -0.2) is 0 Å². The second-order valence-electron chi connectivity index (χ2n) is 6.64. The Kier molecular flexibility index (Phi) is 6.57. The van der Waals surface area contributed by atoms with E-state index in [1.807, 2.05) is 18.2 Å². The molecular formula is C18H29N3O2. The number of hydrogen-bond acceptors (Lipinski definition) is 4. The molecule has 0 saturated carbocycles. The fraction of sp³-hybridized carbons (Fsp3) is 0.611. The molecular weight excluding hydrogens is 290 g/mol. The third kappa shape index (κ3) is 5.61. The molecule has 5 nitrogen and oxygen atoms in total. The van der Waals surface area contributed by atoms with Crippen LogP contribution >= 0.6 is 0 Å². The van der Waals surface area contributed by atoms with Crippen molar-refractivity contribution in [3.05, 3.63) is 35.4 Å². The summed E-state index contributed by atoms with van der Waals surface area (Å²) in [4.78, 5) is 18.9. The summed E-state index contributed by atoms with van der Waals surface area (Å²) in [6, 6.07) is 7.92. The Hall–Kier alpha value is -1.43. The van der Waals surface area contributed by atoms with Crippen molar-refractivity contribution in [2.24, 2.45) is 0 Å². The van der Waals surface area contributed by atoms with E-state index in [4.69, 9.17) is 0 Å². The van der Waals surface area contributed by atoms with Crippen molar-refractivity contribution in [3.8, 4) is 0 Å². The molecule has 0 radical (unpaired) electrons. The summed E-state index contributed by atoms with van der Waals surface area (Å²) >= 11 is 0. The predicted molar refractivity (Wildman–Crippen MR) is 92.5 cm³/mol. The summed E-state index contributed by atoms with van der Waals surface area (Å²) in [6.07, 6.45) is 0.220. The van der Waals surface area contributed by atoms with Gasteiger partial charge in [-0.3, -0.25) is 9.69 Å². The van der Waals surface area contributed by atoms with Crippen LogP contribution in [-0.2, 0) is 6.54 Å². The van der Waals surface area contributed by atoms with Gasteiger partial charge in [0.25, 0.3) is 5.91 Å². The van der Waals surface area contributed by atoms with E-state index in [1.54, 1.807) is 18.9 Å². The first-order valence-electron chi connectivity index (χ1n) is 8.39. The smallest absolute Gasteiger partial charge is 0.253 e. The van der Waals surface area contributed by atoms with E-state index in [0.29, 0.717) is 13.0 Å². The predicted octanol–water partition coefficient (Wildman–Crippen LogP) is 1.28. The van der Waals surface area contributed by atoms with Gasteiger partial charge in [0.1, 0.15) is 0 Å². The molecule has 1 aromatic rings. The number of nitrogens with zero attached hydrogens (tertiary/aromatic N) is 3. The van der Waals surface area contributed by atoms with Crippen LogP contribution in [0, 0.1) is 0 Å². The van der Waals surface area contributed by atoms with Crippen molar-refractivity contribution in [2.75, 3.05) is 46.8 Å². The largest absolute Gasteiger partial charge is 0.393 e. The van der Waals surface area contributed by atoms with Gasteiger partial charge in [-0.15, -0.1) is 0 Å². The second kappa shape index (κ2) is 8.43. The Morgan fingerprint density at radius 1 is 1.30 bits per heavy atom. The summed E-state index contributed by atoms with van der Waals surface area (Å²) in [6.45, 7) is 7.55. The lowest BCUT2D eigenvalue weighted by Gasteiger charge is -2.32. The number of benzene rings is 1. The Labute approximate surface area is 139 Å². The minimum atomic E-state index is -0.381. The third-order valence-corrected chi connectivity index (χ3v) is 4.40. The first kappa shape index (κ1) is 17.9. The van der Waals surface area contributed by atoms with Gasteiger partial charge in [0.05, 0.1) is 6.10 Å². The van der Waals surface area contributed by atoms with E-state index < -0.39 is 0 Å². The lowest BCUT2D eigenvalue weighted by Crippen LogP contribution is -2.43. The van der Waals surface area contributed by atoms with Crippen LogP contribution in [0.15, 0.2) is 24.3 Å². The monoisotopic (exact) mass is 319 g/mol. The van der Waals surface area contributed by atoms with Gasteiger partial charge in [-0.1, -0.05) is 12.1 Å². The molecule has 128 valence electrons. The van der Waals surface area contributed by atoms with Crippen LogP contribution in [0.1, 0.15) is 29.3 Å². The lowest BCUT2D eigenvalue weighted by molar-refractivity contribution is 0.0768.